The van der Waals surface area contributed by atoms with Crippen LogP contribution in [0.3, 0.4) is 0 Å². The maximum atomic E-state index is 12.0. The number of halogens is 2. The number of furan rings is 1. The first-order valence-electron chi connectivity index (χ1n) is 5.76. The highest BCUT2D eigenvalue weighted by Crippen LogP contribution is 2.35. The fraction of sp³-hybridized carbons (Fsp3) is 0.214. The van der Waals surface area contributed by atoms with Crippen LogP contribution in [0.1, 0.15) is 29.0 Å². The summed E-state index contributed by atoms with van der Waals surface area (Å²) in [5, 5.41) is 0.983. The minimum absolute atomic E-state index is 0.145. The molecule has 0 aliphatic heterocycles. The van der Waals surface area contributed by atoms with Gasteiger partial charge in [-0.1, -0.05) is 29.3 Å². The Labute approximate surface area is 115 Å². The number of hydrogen-bond donors (Lipinski definition) is 0. The average molecular weight is 281 g/mol. The molecular weight excluding hydrogens is 271 g/mol. The highest BCUT2D eigenvalue weighted by atomic mass is 35.5. The number of fused-ring (bicyclic) bond motifs is 1. The van der Waals surface area contributed by atoms with Gasteiger partial charge in [0.05, 0.1) is 21.9 Å². The molecule has 0 N–H and O–H groups in total. The lowest BCUT2D eigenvalue weighted by atomic mass is 9.91. The monoisotopic (exact) mass is 280 g/mol. The third-order valence-electron chi connectivity index (χ3n) is 3.18. The van der Waals surface area contributed by atoms with Crippen LogP contribution in [0.4, 0.5) is 0 Å². The highest BCUT2D eigenvalue weighted by Gasteiger charge is 2.25. The van der Waals surface area contributed by atoms with Gasteiger partial charge >= 0.3 is 0 Å². The molecule has 1 aromatic heterocycles. The number of aryl methyl sites for hydroxylation is 1. The molecule has 0 amide bonds. The van der Waals surface area contributed by atoms with Crippen molar-refractivity contribution in [2.75, 3.05) is 0 Å². The van der Waals surface area contributed by atoms with Gasteiger partial charge < -0.3 is 4.42 Å². The Morgan fingerprint density at radius 1 is 1.11 bits per heavy atom. The van der Waals surface area contributed by atoms with Crippen molar-refractivity contribution in [3.63, 3.8) is 0 Å². The molecule has 0 atom stereocenters. The molecule has 4 heteroatoms. The summed E-state index contributed by atoms with van der Waals surface area (Å²) in [6, 6.07) is 5.34. The second-order valence-corrected chi connectivity index (χ2v) is 5.17. The summed E-state index contributed by atoms with van der Waals surface area (Å²) in [7, 11) is 0. The van der Waals surface area contributed by atoms with Crippen molar-refractivity contribution >= 4 is 29.0 Å². The van der Waals surface area contributed by atoms with Crippen molar-refractivity contribution in [2.45, 2.75) is 19.3 Å². The highest BCUT2D eigenvalue weighted by molar-refractivity contribution is 6.42. The molecule has 0 saturated carbocycles. The van der Waals surface area contributed by atoms with Crippen LogP contribution in [0.15, 0.2) is 28.9 Å². The Morgan fingerprint density at radius 3 is 2.72 bits per heavy atom. The van der Waals surface area contributed by atoms with E-state index in [0.29, 0.717) is 22.0 Å². The SMILES string of the molecule is O=C1CCCc2occ(-c3ccc(Cl)c(Cl)c3)c21. The van der Waals surface area contributed by atoms with E-state index in [1.165, 1.54) is 0 Å². The molecule has 18 heavy (non-hydrogen) atoms. The lowest BCUT2D eigenvalue weighted by Crippen LogP contribution is -2.09. The van der Waals surface area contributed by atoms with Gasteiger partial charge in [-0.05, 0) is 24.1 Å². The average Bonchev–Trinajstić information content (AvgIpc) is 2.78. The van der Waals surface area contributed by atoms with E-state index in [2.05, 4.69) is 0 Å². The molecule has 0 bridgehead atoms. The largest absolute Gasteiger partial charge is 0.468 e. The summed E-state index contributed by atoms with van der Waals surface area (Å²) in [5.74, 6) is 0.929. The summed E-state index contributed by atoms with van der Waals surface area (Å²) in [4.78, 5) is 12.0. The molecule has 3 rings (SSSR count). The summed E-state index contributed by atoms with van der Waals surface area (Å²) >= 11 is 11.9. The molecule has 0 saturated heterocycles. The van der Waals surface area contributed by atoms with Gasteiger partial charge in [0.1, 0.15) is 5.76 Å². The Bertz CT molecular complexity index is 629. The summed E-state index contributed by atoms with van der Waals surface area (Å²) in [6.07, 6.45) is 3.90. The predicted molar refractivity (Wildman–Crippen MR) is 71.4 cm³/mol. The van der Waals surface area contributed by atoms with Gasteiger partial charge in [-0.15, -0.1) is 0 Å². The fourth-order valence-electron chi connectivity index (χ4n) is 2.30. The van der Waals surface area contributed by atoms with Crippen LogP contribution in [0.25, 0.3) is 11.1 Å². The lowest BCUT2D eigenvalue weighted by molar-refractivity contribution is 0.0970. The van der Waals surface area contributed by atoms with E-state index in [1.807, 2.05) is 6.07 Å². The lowest BCUT2D eigenvalue weighted by Gasteiger charge is -2.10. The first-order valence-corrected chi connectivity index (χ1v) is 6.51. The molecule has 1 aromatic carbocycles. The number of Topliss-reactive ketones (excluding diaryl/α,β-unsaturated/α-hetero) is 1. The molecule has 0 spiro atoms. The standard InChI is InChI=1S/C14H10Cl2O2/c15-10-5-4-8(6-11(10)16)9-7-18-13-3-1-2-12(17)14(9)13/h4-7H,1-3H2. The van der Waals surface area contributed by atoms with Gasteiger partial charge in [0, 0.05) is 18.4 Å². The van der Waals surface area contributed by atoms with E-state index in [-0.39, 0.29) is 5.78 Å². The Hall–Kier alpha value is -1.25. The van der Waals surface area contributed by atoms with Crippen LogP contribution in [0.5, 0.6) is 0 Å². The Morgan fingerprint density at radius 2 is 1.94 bits per heavy atom. The van der Waals surface area contributed by atoms with E-state index in [1.54, 1.807) is 18.4 Å². The van der Waals surface area contributed by atoms with Gasteiger partial charge in [-0.3, -0.25) is 4.79 Å². The Balaban J connectivity index is 2.15. The topological polar surface area (TPSA) is 30.2 Å². The number of carbonyl (C=O) groups excluding carboxylic acids is 1. The number of ketones is 1. The third-order valence-corrected chi connectivity index (χ3v) is 3.92. The van der Waals surface area contributed by atoms with E-state index >= 15 is 0 Å². The van der Waals surface area contributed by atoms with Crippen LogP contribution in [-0.2, 0) is 6.42 Å². The van der Waals surface area contributed by atoms with Gasteiger partial charge in [0.25, 0.3) is 0 Å². The van der Waals surface area contributed by atoms with Crippen molar-refractivity contribution in [3.05, 3.63) is 45.8 Å². The first kappa shape index (κ1) is 11.8. The van der Waals surface area contributed by atoms with Gasteiger partial charge in [-0.2, -0.15) is 0 Å². The van der Waals surface area contributed by atoms with Crippen molar-refractivity contribution < 1.29 is 9.21 Å². The van der Waals surface area contributed by atoms with Crippen LogP contribution < -0.4 is 0 Å². The quantitative estimate of drug-likeness (QED) is 0.753. The predicted octanol–water partition coefficient (Wildman–Crippen LogP) is 4.77. The van der Waals surface area contributed by atoms with Crippen molar-refractivity contribution in [3.8, 4) is 11.1 Å². The smallest absolute Gasteiger partial charge is 0.167 e. The van der Waals surface area contributed by atoms with E-state index in [4.69, 9.17) is 27.6 Å². The second-order valence-electron chi connectivity index (χ2n) is 4.35. The van der Waals surface area contributed by atoms with Crippen LogP contribution in [-0.4, -0.2) is 5.78 Å². The van der Waals surface area contributed by atoms with Gasteiger partial charge in [-0.25, -0.2) is 0 Å². The van der Waals surface area contributed by atoms with Crippen LogP contribution in [0, 0.1) is 0 Å². The normalized spacial score (nSPS) is 14.7. The van der Waals surface area contributed by atoms with Gasteiger partial charge in [0.15, 0.2) is 5.78 Å². The molecule has 1 aliphatic rings. The van der Waals surface area contributed by atoms with E-state index < -0.39 is 0 Å². The zero-order valence-corrected chi connectivity index (χ0v) is 11.0. The first-order chi connectivity index (χ1) is 8.66. The zero-order valence-electron chi connectivity index (χ0n) is 9.50. The molecule has 0 radical (unpaired) electrons. The molecule has 0 unspecified atom stereocenters. The van der Waals surface area contributed by atoms with Crippen molar-refractivity contribution in [1.82, 2.24) is 0 Å². The number of carbonyl (C=O) groups is 1. The maximum absolute atomic E-state index is 12.0. The molecule has 92 valence electrons. The minimum Gasteiger partial charge on any atom is -0.468 e. The molecule has 2 nitrogen and oxygen atoms in total. The fourth-order valence-corrected chi connectivity index (χ4v) is 2.60. The number of hydrogen-bond acceptors (Lipinski definition) is 2. The second kappa shape index (κ2) is 4.45. The Kier molecular flexibility index (Phi) is 2.92. The minimum atomic E-state index is 0.145. The van der Waals surface area contributed by atoms with E-state index in [9.17, 15) is 4.79 Å². The van der Waals surface area contributed by atoms with E-state index in [0.717, 1.165) is 29.7 Å². The third kappa shape index (κ3) is 1.86. The zero-order chi connectivity index (χ0) is 12.7. The summed E-state index contributed by atoms with van der Waals surface area (Å²) in [5.41, 5.74) is 2.39. The maximum Gasteiger partial charge on any atom is 0.167 e. The molecule has 1 heterocycles. The van der Waals surface area contributed by atoms with Gasteiger partial charge in [0.2, 0.25) is 0 Å². The summed E-state index contributed by atoms with van der Waals surface area (Å²) < 4.78 is 5.49. The summed E-state index contributed by atoms with van der Waals surface area (Å²) in [6.45, 7) is 0. The molecule has 0 fully saturated rings. The van der Waals surface area contributed by atoms with Crippen LogP contribution >= 0.6 is 23.2 Å². The molecule has 1 aliphatic carbocycles. The molecule has 2 aromatic rings. The van der Waals surface area contributed by atoms with Crippen LogP contribution in [0.2, 0.25) is 10.0 Å². The number of benzene rings is 1. The molecular formula is C14H10Cl2O2. The van der Waals surface area contributed by atoms with Crippen molar-refractivity contribution in [2.24, 2.45) is 0 Å². The van der Waals surface area contributed by atoms with Crippen molar-refractivity contribution in [1.29, 1.82) is 0 Å². The number of rotatable bonds is 1.